The average Bonchev–Trinajstić information content (AvgIpc) is 2.59. The number of ether oxygens (including phenoxy) is 2. The maximum atomic E-state index is 12.3. The van der Waals surface area contributed by atoms with E-state index in [9.17, 15) is 24.6 Å². The van der Waals surface area contributed by atoms with Gasteiger partial charge in [0.25, 0.3) is 0 Å². The molecule has 144 valence electrons. The first-order valence-electron chi connectivity index (χ1n) is 8.36. The summed E-state index contributed by atoms with van der Waals surface area (Å²) in [5.74, 6) is -2.78. The highest BCUT2D eigenvalue weighted by Crippen LogP contribution is 2.17. The number of allylic oxidation sites excluding steroid dienone is 3. The highest BCUT2D eigenvalue weighted by molar-refractivity contribution is 5.86. The number of carbonyl (C=O) groups excluding carboxylic acids is 2. The highest BCUT2D eigenvalue weighted by Gasteiger charge is 2.32. The molecule has 26 heavy (non-hydrogen) atoms. The molecule has 1 aliphatic heterocycles. The topological polar surface area (TPSA) is 130 Å². The summed E-state index contributed by atoms with van der Waals surface area (Å²) >= 11 is 0. The van der Waals surface area contributed by atoms with Crippen LogP contribution in [0.3, 0.4) is 0 Å². The Bertz CT molecular complexity index is 578. The van der Waals surface area contributed by atoms with Crippen LogP contribution in [0.25, 0.3) is 0 Å². The van der Waals surface area contributed by atoms with E-state index >= 15 is 0 Å². The molecule has 0 saturated carbocycles. The number of aliphatic hydroxyl groups excluding tert-OH is 2. The molecule has 1 rings (SSSR count). The van der Waals surface area contributed by atoms with Crippen LogP contribution in [0.15, 0.2) is 36.5 Å². The van der Waals surface area contributed by atoms with Gasteiger partial charge in [-0.05, 0) is 19.3 Å². The molecule has 8 heteroatoms. The third-order valence-electron chi connectivity index (χ3n) is 3.60. The van der Waals surface area contributed by atoms with Crippen molar-refractivity contribution in [1.82, 2.24) is 0 Å². The van der Waals surface area contributed by atoms with Crippen LogP contribution in [0.2, 0.25) is 0 Å². The van der Waals surface area contributed by atoms with Crippen molar-refractivity contribution in [3.05, 3.63) is 36.5 Å². The molecule has 0 spiro atoms. The molecular formula is C18H24O8. The standard InChI is InChI=1S/C18H24O8/c1-2-7-13-17(23)12(19)8-3-4-9-14(18(24)26-13)25-16(22)11-6-5-10-15(20)21/h3,5-6,8,10-14,17,19,23H,2,4,7,9H2,1H3,(H,20,21)/b8-3+,10-5+,11-6+/t12-,13-,14-,17+/m1/s1. The van der Waals surface area contributed by atoms with Crippen molar-refractivity contribution in [2.45, 2.75) is 57.0 Å². The Kier molecular flexibility index (Phi) is 9.32. The number of carboxylic acid groups (broad SMARTS) is 1. The Morgan fingerprint density at radius 3 is 2.65 bits per heavy atom. The SMILES string of the molecule is CCC[C@H]1OC(=O)[C@H](OC(=O)/C=C/C=C/C(=O)O)CC/C=C/[C@@H](O)[C@@H]1O. The molecule has 0 saturated heterocycles. The van der Waals surface area contributed by atoms with Gasteiger partial charge in [-0.2, -0.15) is 0 Å². The van der Waals surface area contributed by atoms with E-state index in [2.05, 4.69) is 0 Å². The van der Waals surface area contributed by atoms with Gasteiger partial charge in [0, 0.05) is 12.2 Å². The van der Waals surface area contributed by atoms with E-state index in [1.807, 2.05) is 6.92 Å². The van der Waals surface area contributed by atoms with Crippen LogP contribution in [0.1, 0.15) is 32.6 Å². The highest BCUT2D eigenvalue weighted by atomic mass is 16.6. The summed E-state index contributed by atoms with van der Waals surface area (Å²) in [7, 11) is 0. The quantitative estimate of drug-likeness (QED) is 0.273. The molecule has 0 bridgehead atoms. The summed E-state index contributed by atoms with van der Waals surface area (Å²) in [6.45, 7) is 1.84. The van der Waals surface area contributed by atoms with E-state index < -0.39 is 42.3 Å². The van der Waals surface area contributed by atoms with Gasteiger partial charge in [0.1, 0.15) is 18.3 Å². The summed E-state index contributed by atoms with van der Waals surface area (Å²) < 4.78 is 10.3. The monoisotopic (exact) mass is 368 g/mol. The summed E-state index contributed by atoms with van der Waals surface area (Å²) in [6, 6.07) is 0. The van der Waals surface area contributed by atoms with Crippen molar-refractivity contribution < 1.29 is 39.2 Å². The van der Waals surface area contributed by atoms with Crippen LogP contribution in [0.5, 0.6) is 0 Å². The zero-order chi connectivity index (χ0) is 19.5. The van der Waals surface area contributed by atoms with Crippen molar-refractivity contribution >= 4 is 17.9 Å². The molecule has 4 atom stereocenters. The first-order chi connectivity index (χ1) is 12.3. The third-order valence-corrected chi connectivity index (χ3v) is 3.60. The van der Waals surface area contributed by atoms with Crippen molar-refractivity contribution in [3.63, 3.8) is 0 Å². The fourth-order valence-electron chi connectivity index (χ4n) is 2.30. The smallest absolute Gasteiger partial charge is 0.347 e. The molecule has 0 amide bonds. The van der Waals surface area contributed by atoms with Crippen molar-refractivity contribution in [3.8, 4) is 0 Å². The number of esters is 2. The number of rotatable bonds is 6. The molecular weight excluding hydrogens is 344 g/mol. The van der Waals surface area contributed by atoms with E-state index in [1.54, 1.807) is 6.08 Å². The van der Waals surface area contributed by atoms with Gasteiger partial charge in [-0.1, -0.05) is 37.6 Å². The molecule has 1 heterocycles. The van der Waals surface area contributed by atoms with Gasteiger partial charge < -0.3 is 24.8 Å². The number of aliphatic carboxylic acids is 1. The van der Waals surface area contributed by atoms with Crippen LogP contribution < -0.4 is 0 Å². The van der Waals surface area contributed by atoms with E-state index in [0.717, 1.165) is 18.2 Å². The van der Waals surface area contributed by atoms with Crippen LogP contribution >= 0.6 is 0 Å². The van der Waals surface area contributed by atoms with Gasteiger partial charge in [-0.3, -0.25) is 0 Å². The Hall–Kier alpha value is -2.45. The molecule has 0 radical (unpaired) electrons. The molecule has 0 unspecified atom stereocenters. The number of hydrogen-bond donors (Lipinski definition) is 3. The average molecular weight is 368 g/mol. The largest absolute Gasteiger partial charge is 0.478 e. The van der Waals surface area contributed by atoms with Gasteiger partial charge in [-0.15, -0.1) is 0 Å². The van der Waals surface area contributed by atoms with Crippen molar-refractivity contribution in [2.24, 2.45) is 0 Å². The number of carbonyl (C=O) groups is 3. The lowest BCUT2D eigenvalue weighted by molar-refractivity contribution is -0.176. The minimum absolute atomic E-state index is 0.154. The lowest BCUT2D eigenvalue weighted by Gasteiger charge is -2.27. The van der Waals surface area contributed by atoms with E-state index in [0.29, 0.717) is 19.3 Å². The first-order valence-corrected chi connectivity index (χ1v) is 8.36. The first kappa shape index (κ1) is 21.6. The number of cyclic esters (lactones) is 1. The zero-order valence-electron chi connectivity index (χ0n) is 14.5. The van der Waals surface area contributed by atoms with Crippen LogP contribution in [0, 0.1) is 0 Å². The van der Waals surface area contributed by atoms with Crippen LogP contribution in [-0.4, -0.2) is 57.6 Å². The predicted molar refractivity (Wildman–Crippen MR) is 91.0 cm³/mol. The fourth-order valence-corrected chi connectivity index (χ4v) is 2.30. The number of hydrogen-bond acceptors (Lipinski definition) is 7. The molecule has 8 nitrogen and oxygen atoms in total. The Labute approximate surface area is 151 Å². The second-order valence-corrected chi connectivity index (χ2v) is 5.73. The Morgan fingerprint density at radius 2 is 2.00 bits per heavy atom. The number of carboxylic acids is 1. The molecule has 0 fully saturated rings. The zero-order valence-corrected chi connectivity index (χ0v) is 14.5. The van der Waals surface area contributed by atoms with E-state index in [4.69, 9.17) is 14.6 Å². The molecule has 0 aromatic carbocycles. The van der Waals surface area contributed by atoms with Gasteiger partial charge in [0.2, 0.25) is 0 Å². The number of aliphatic hydroxyl groups is 2. The molecule has 1 aliphatic rings. The van der Waals surface area contributed by atoms with Crippen molar-refractivity contribution in [2.75, 3.05) is 0 Å². The molecule has 0 aliphatic carbocycles. The summed E-state index contributed by atoms with van der Waals surface area (Å²) in [6.07, 6.45) is 4.12. The normalized spacial score (nSPS) is 28.7. The fraction of sp³-hybridized carbons (Fsp3) is 0.500. The van der Waals surface area contributed by atoms with Gasteiger partial charge >= 0.3 is 17.9 Å². The van der Waals surface area contributed by atoms with E-state index in [-0.39, 0.29) is 6.42 Å². The van der Waals surface area contributed by atoms with Gasteiger partial charge in [0.05, 0.1) is 0 Å². The lowest BCUT2D eigenvalue weighted by Crippen LogP contribution is -2.42. The molecule has 3 N–H and O–H groups in total. The predicted octanol–water partition coefficient (Wildman–Crippen LogP) is 0.879. The minimum atomic E-state index is -1.27. The third kappa shape index (κ3) is 7.62. The second-order valence-electron chi connectivity index (χ2n) is 5.73. The maximum Gasteiger partial charge on any atom is 0.347 e. The Balaban J connectivity index is 2.80. The maximum absolute atomic E-state index is 12.3. The summed E-state index contributed by atoms with van der Waals surface area (Å²) in [4.78, 5) is 34.4. The summed E-state index contributed by atoms with van der Waals surface area (Å²) in [5.41, 5.74) is 0. The van der Waals surface area contributed by atoms with Crippen LogP contribution in [-0.2, 0) is 23.9 Å². The van der Waals surface area contributed by atoms with Crippen molar-refractivity contribution in [1.29, 1.82) is 0 Å². The van der Waals surface area contributed by atoms with Gasteiger partial charge in [0.15, 0.2) is 6.10 Å². The Morgan fingerprint density at radius 1 is 1.31 bits per heavy atom. The molecule has 0 aromatic rings. The summed E-state index contributed by atoms with van der Waals surface area (Å²) in [5, 5.41) is 28.4. The van der Waals surface area contributed by atoms with Crippen LogP contribution in [0.4, 0.5) is 0 Å². The molecule has 0 aromatic heterocycles. The van der Waals surface area contributed by atoms with Gasteiger partial charge in [-0.25, -0.2) is 14.4 Å². The lowest BCUT2D eigenvalue weighted by atomic mass is 10.0. The minimum Gasteiger partial charge on any atom is -0.478 e. The van der Waals surface area contributed by atoms with E-state index in [1.165, 1.54) is 12.2 Å². The second kappa shape index (κ2) is 11.2.